The predicted molar refractivity (Wildman–Crippen MR) is 61.1 cm³/mol. The first-order chi connectivity index (χ1) is 6.33. The first-order valence-electron chi connectivity index (χ1n) is 6.06. The highest BCUT2D eigenvalue weighted by Gasteiger charge is 2.14. The predicted octanol–water partition coefficient (Wildman–Crippen LogP) is 3.59. The van der Waals surface area contributed by atoms with E-state index in [9.17, 15) is 0 Å². The lowest BCUT2D eigenvalue weighted by atomic mass is 10.0. The molecule has 1 heteroatoms. The third-order valence-corrected chi connectivity index (χ3v) is 2.75. The average Bonchev–Trinajstić information content (AvgIpc) is 2.36. The van der Waals surface area contributed by atoms with Gasteiger partial charge >= 0.3 is 0 Å². The van der Waals surface area contributed by atoms with Crippen molar-refractivity contribution in [1.82, 2.24) is 5.32 Å². The maximum absolute atomic E-state index is 3.54. The van der Waals surface area contributed by atoms with Gasteiger partial charge in [0.15, 0.2) is 0 Å². The SMILES string of the molecule is CC.CCNC1CCCC(C)CC1. The summed E-state index contributed by atoms with van der Waals surface area (Å²) in [5.74, 6) is 0.971. The van der Waals surface area contributed by atoms with E-state index in [1.54, 1.807) is 0 Å². The monoisotopic (exact) mass is 185 g/mol. The van der Waals surface area contributed by atoms with Gasteiger partial charge in [0.1, 0.15) is 0 Å². The molecule has 0 amide bonds. The lowest BCUT2D eigenvalue weighted by molar-refractivity contribution is 0.458. The van der Waals surface area contributed by atoms with Crippen LogP contribution in [0, 0.1) is 5.92 Å². The fourth-order valence-electron chi connectivity index (χ4n) is 1.98. The van der Waals surface area contributed by atoms with Gasteiger partial charge in [0.05, 0.1) is 0 Å². The normalized spacial score (nSPS) is 28.6. The van der Waals surface area contributed by atoms with Gasteiger partial charge < -0.3 is 5.32 Å². The van der Waals surface area contributed by atoms with E-state index in [0.29, 0.717) is 0 Å². The average molecular weight is 185 g/mol. The van der Waals surface area contributed by atoms with Crippen molar-refractivity contribution >= 4 is 0 Å². The fourth-order valence-corrected chi connectivity index (χ4v) is 1.98. The molecular formula is C12H27N. The van der Waals surface area contributed by atoms with E-state index in [1.807, 2.05) is 13.8 Å². The van der Waals surface area contributed by atoms with Crippen LogP contribution in [0.2, 0.25) is 0 Å². The molecule has 1 rings (SSSR count). The minimum atomic E-state index is 0.824. The van der Waals surface area contributed by atoms with Crippen LogP contribution in [0.3, 0.4) is 0 Å². The molecule has 0 saturated heterocycles. The first-order valence-corrected chi connectivity index (χ1v) is 6.06. The zero-order valence-electron chi connectivity index (χ0n) is 9.90. The lowest BCUT2D eigenvalue weighted by Crippen LogP contribution is -2.27. The van der Waals surface area contributed by atoms with E-state index in [-0.39, 0.29) is 0 Å². The quantitative estimate of drug-likeness (QED) is 0.648. The van der Waals surface area contributed by atoms with Crippen LogP contribution in [-0.2, 0) is 0 Å². The Kier molecular flexibility index (Phi) is 8.53. The van der Waals surface area contributed by atoms with Crippen LogP contribution < -0.4 is 5.32 Å². The van der Waals surface area contributed by atoms with Gasteiger partial charge in [0, 0.05) is 6.04 Å². The molecule has 1 N–H and O–H groups in total. The molecule has 13 heavy (non-hydrogen) atoms. The Labute approximate surface area is 84.3 Å². The summed E-state index contributed by atoms with van der Waals surface area (Å²) in [6.07, 6.45) is 7.10. The van der Waals surface area contributed by atoms with Crippen molar-refractivity contribution in [2.75, 3.05) is 6.54 Å². The summed E-state index contributed by atoms with van der Waals surface area (Å²) in [6, 6.07) is 0.824. The van der Waals surface area contributed by atoms with E-state index >= 15 is 0 Å². The Morgan fingerprint density at radius 3 is 2.38 bits per heavy atom. The van der Waals surface area contributed by atoms with Gasteiger partial charge in [-0.25, -0.2) is 0 Å². The number of nitrogens with one attached hydrogen (secondary N) is 1. The maximum Gasteiger partial charge on any atom is 0.00670 e. The Hall–Kier alpha value is -0.0400. The van der Waals surface area contributed by atoms with E-state index < -0.39 is 0 Å². The molecule has 2 atom stereocenters. The molecular weight excluding hydrogens is 158 g/mol. The second-order valence-corrected chi connectivity index (χ2v) is 3.87. The highest BCUT2D eigenvalue weighted by Crippen LogP contribution is 2.22. The van der Waals surface area contributed by atoms with Gasteiger partial charge in [0.25, 0.3) is 0 Å². The maximum atomic E-state index is 3.54. The van der Waals surface area contributed by atoms with E-state index in [2.05, 4.69) is 19.2 Å². The lowest BCUT2D eigenvalue weighted by Gasteiger charge is -2.14. The minimum absolute atomic E-state index is 0.824. The molecule has 2 unspecified atom stereocenters. The molecule has 0 aromatic rings. The Morgan fingerprint density at radius 1 is 1.08 bits per heavy atom. The van der Waals surface area contributed by atoms with E-state index in [4.69, 9.17) is 0 Å². The van der Waals surface area contributed by atoms with Gasteiger partial charge in [-0.15, -0.1) is 0 Å². The molecule has 1 nitrogen and oxygen atoms in total. The molecule has 0 bridgehead atoms. The third-order valence-electron chi connectivity index (χ3n) is 2.75. The summed E-state index contributed by atoms with van der Waals surface area (Å²) in [6.45, 7) is 9.72. The fraction of sp³-hybridized carbons (Fsp3) is 1.00. The van der Waals surface area contributed by atoms with Crippen LogP contribution in [0.1, 0.15) is 59.8 Å². The van der Waals surface area contributed by atoms with Crippen molar-refractivity contribution in [3.63, 3.8) is 0 Å². The molecule has 0 aliphatic heterocycles. The van der Waals surface area contributed by atoms with Gasteiger partial charge in [-0.3, -0.25) is 0 Å². The molecule has 80 valence electrons. The van der Waals surface area contributed by atoms with Crippen LogP contribution in [0.5, 0.6) is 0 Å². The van der Waals surface area contributed by atoms with Crippen LogP contribution in [0.15, 0.2) is 0 Å². The molecule has 1 fully saturated rings. The van der Waals surface area contributed by atoms with Crippen LogP contribution >= 0.6 is 0 Å². The van der Waals surface area contributed by atoms with Crippen molar-refractivity contribution in [2.24, 2.45) is 5.92 Å². The molecule has 0 aromatic carbocycles. The Bertz CT molecular complexity index is 101. The van der Waals surface area contributed by atoms with Crippen molar-refractivity contribution in [1.29, 1.82) is 0 Å². The molecule has 0 spiro atoms. The molecule has 0 radical (unpaired) electrons. The molecule has 0 heterocycles. The summed E-state index contributed by atoms with van der Waals surface area (Å²) < 4.78 is 0. The second-order valence-electron chi connectivity index (χ2n) is 3.87. The summed E-state index contributed by atoms with van der Waals surface area (Å²) in [5.41, 5.74) is 0. The molecule has 1 aliphatic rings. The number of hydrogen-bond acceptors (Lipinski definition) is 1. The highest BCUT2D eigenvalue weighted by molar-refractivity contribution is 4.72. The summed E-state index contributed by atoms with van der Waals surface area (Å²) in [4.78, 5) is 0. The zero-order chi connectivity index (χ0) is 10.1. The Balaban J connectivity index is 0.000000671. The molecule has 0 aromatic heterocycles. The van der Waals surface area contributed by atoms with Gasteiger partial charge in [-0.05, 0) is 31.7 Å². The zero-order valence-corrected chi connectivity index (χ0v) is 9.90. The smallest absolute Gasteiger partial charge is 0.00670 e. The van der Waals surface area contributed by atoms with Crippen molar-refractivity contribution in [3.8, 4) is 0 Å². The summed E-state index contributed by atoms with van der Waals surface area (Å²) in [5, 5.41) is 3.54. The van der Waals surface area contributed by atoms with Crippen molar-refractivity contribution in [2.45, 2.75) is 65.8 Å². The van der Waals surface area contributed by atoms with E-state index in [1.165, 1.54) is 32.1 Å². The van der Waals surface area contributed by atoms with Gasteiger partial charge in [0.2, 0.25) is 0 Å². The Morgan fingerprint density at radius 2 is 1.77 bits per heavy atom. The second kappa shape index (κ2) is 8.55. The molecule has 1 saturated carbocycles. The van der Waals surface area contributed by atoms with Crippen LogP contribution in [0.25, 0.3) is 0 Å². The van der Waals surface area contributed by atoms with Crippen molar-refractivity contribution < 1.29 is 0 Å². The van der Waals surface area contributed by atoms with Gasteiger partial charge in [-0.2, -0.15) is 0 Å². The summed E-state index contributed by atoms with van der Waals surface area (Å²) >= 11 is 0. The van der Waals surface area contributed by atoms with Gasteiger partial charge in [-0.1, -0.05) is 40.5 Å². The third kappa shape index (κ3) is 6.09. The highest BCUT2D eigenvalue weighted by atomic mass is 14.9. The standard InChI is InChI=1S/C10H21N.C2H6/c1-3-11-10-6-4-5-9(2)7-8-10;1-2/h9-11H,3-8H2,1-2H3;1-2H3. The number of hydrogen-bond donors (Lipinski definition) is 1. The molecule has 1 aliphatic carbocycles. The summed E-state index contributed by atoms with van der Waals surface area (Å²) in [7, 11) is 0. The van der Waals surface area contributed by atoms with Crippen LogP contribution in [-0.4, -0.2) is 12.6 Å². The topological polar surface area (TPSA) is 12.0 Å². The van der Waals surface area contributed by atoms with Crippen LogP contribution in [0.4, 0.5) is 0 Å². The minimum Gasteiger partial charge on any atom is -0.314 e. The van der Waals surface area contributed by atoms with E-state index in [0.717, 1.165) is 18.5 Å². The largest absolute Gasteiger partial charge is 0.314 e. The number of rotatable bonds is 2. The van der Waals surface area contributed by atoms with Crippen molar-refractivity contribution in [3.05, 3.63) is 0 Å². The first kappa shape index (κ1) is 13.0.